The van der Waals surface area contributed by atoms with E-state index in [1.54, 1.807) is 18.2 Å². The van der Waals surface area contributed by atoms with Gasteiger partial charge in [-0.25, -0.2) is 4.39 Å². The third-order valence-corrected chi connectivity index (χ3v) is 6.96. The van der Waals surface area contributed by atoms with E-state index in [2.05, 4.69) is 24.1 Å². The highest BCUT2D eigenvalue weighted by atomic mass is 35.5. The Morgan fingerprint density at radius 3 is 2.38 bits per heavy atom. The first kappa shape index (κ1) is 27.0. The Balaban J connectivity index is 0.000000225. The van der Waals surface area contributed by atoms with E-state index in [9.17, 15) is 9.18 Å². The number of hydrogen-bond donors (Lipinski definition) is 1. The number of aldehydes is 1. The highest BCUT2D eigenvalue weighted by Crippen LogP contribution is 2.36. The average Bonchev–Trinajstić information content (AvgIpc) is 3.28. The van der Waals surface area contributed by atoms with Gasteiger partial charge in [0.1, 0.15) is 12.1 Å². The summed E-state index contributed by atoms with van der Waals surface area (Å²) < 4.78 is 20.5. The van der Waals surface area contributed by atoms with Gasteiger partial charge in [-0.2, -0.15) is 0 Å². The lowest BCUT2D eigenvalue weighted by Gasteiger charge is -2.34. The van der Waals surface area contributed by atoms with Crippen molar-refractivity contribution in [1.29, 1.82) is 0 Å². The molecule has 1 saturated heterocycles. The molecule has 1 aromatic heterocycles. The number of ether oxygens (including phenoxy) is 1. The van der Waals surface area contributed by atoms with Gasteiger partial charge in [0.15, 0.2) is 0 Å². The van der Waals surface area contributed by atoms with Crippen LogP contribution in [-0.4, -0.2) is 61.2 Å². The fourth-order valence-corrected chi connectivity index (χ4v) is 4.67. The summed E-state index contributed by atoms with van der Waals surface area (Å²) in [6.07, 6.45) is 2.79. The number of likely N-dealkylation sites (N-methyl/N-ethyl adjacent to an activating group) is 1. The summed E-state index contributed by atoms with van der Waals surface area (Å²) in [6.45, 7) is 9.48. The van der Waals surface area contributed by atoms with Crippen LogP contribution in [0.15, 0.2) is 72.9 Å². The van der Waals surface area contributed by atoms with Crippen LogP contribution < -0.4 is 5.32 Å². The van der Waals surface area contributed by atoms with Gasteiger partial charge in [0.25, 0.3) is 0 Å². The van der Waals surface area contributed by atoms with Gasteiger partial charge in [-0.15, -0.1) is 0 Å². The van der Waals surface area contributed by atoms with E-state index in [0.717, 1.165) is 66.9 Å². The molecule has 1 aliphatic rings. The van der Waals surface area contributed by atoms with Gasteiger partial charge < -0.3 is 14.6 Å². The SMILES string of the molecule is CNC(C)(C)CN1CCOCC1.O=Cc1ccc2c(c1)c(-c1ccccc1Cl)cn2-c1ccc(F)cc1. The molecule has 5 nitrogen and oxygen atoms in total. The molecular formula is C30H33ClFN3O2. The number of carbonyl (C=O) groups excluding carboxylic acids is 1. The summed E-state index contributed by atoms with van der Waals surface area (Å²) in [7, 11) is 2.01. The highest BCUT2D eigenvalue weighted by Gasteiger charge is 2.20. The molecule has 0 aliphatic carbocycles. The third-order valence-electron chi connectivity index (χ3n) is 6.63. The molecule has 0 unspecified atom stereocenters. The van der Waals surface area contributed by atoms with E-state index in [-0.39, 0.29) is 11.4 Å². The Bertz CT molecular complexity index is 1340. The van der Waals surface area contributed by atoms with Crippen molar-refractivity contribution >= 4 is 28.8 Å². The van der Waals surface area contributed by atoms with Crippen LogP contribution in [-0.2, 0) is 4.74 Å². The van der Waals surface area contributed by atoms with Crippen molar-refractivity contribution in [2.75, 3.05) is 39.9 Å². The van der Waals surface area contributed by atoms with E-state index in [0.29, 0.717) is 10.6 Å². The molecule has 0 atom stereocenters. The van der Waals surface area contributed by atoms with Crippen LogP contribution in [0.25, 0.3) is 27.7 Å². The molecule has 7 heteroatoms. The molecule has 2 heterocycles. The molecule has 0 saturated carbocycles. The van der Waals surface area contributed by atoms with E-state index in [4.69, 9.17) is 16.3 Å². The van der Waals surface area contributed by atoms with Crippen molar-refractivity contribution in [3.63, 3.8) is 0 Å². The van der Waals surface area contributed by atoms with Crippen molar-refractivity contribution in [2.45, 2.75) is 19.4 Å². The van der Waals surface area contributed by atoms with Gasteiger partial charge in [0.2, 0.25) is 0 Å². The zero-order chi connectivity index (χ0) is 26.4. The summed E-state index contributed by atoms with van der Waals surface area (Å²) in [5, 5.41) is 4.86. The van der Waals surface area contributed by atoms with Gasteiger partial charge in [0.05, 0.1) is 18.7 Å². The fraction of sp³-hybridized carbons (Fsp3) is 0.300. The molecule has 0 spiro atoms. The minimum Gasteiger partial charge on any atom is -0.379 e. The molecule has 194 valence electrons. The van der Waals surface area contributed by atoms with E-state index in [1.165, 1.54) is 12.1 Å². The number of fused-ring (bicyclic) bond motifs is 1. The summed E-state index contributed by atoms with van der Waals surface area (Å²) in [5.41, 5.74) is 4.39. The van der Waals surface area contributed by atoms with E-state index < -0.39 is 0 Å². The summed E-state index contributed by atoms with van der Waals surface area (Å²) in [4.78, 5) is 13.6. The Morgan fingerprint density at radius 2 is 1.73 bits per heavy atom. The number of nitrogens with zero attached hydrogens (tertiary/aromatic N) is 2. The zero-order valence-electron chi connectivity index (χ0n) is 21.5. The molecule has 0 radical (unpaired) electrons. The predicted octanol–water partition coefficient (Wildman–Crippen LogP) is 6.22. The first-order valence-electron chi connectivity index (χ1n) is 12.4. The largest absolute Gasteiger partial charge is 0.379 e. The number of morpholine rings is 1. The zero-order valence-corrected chi connectivity index (χ0v) is 22.3. The van der Waals surface area contributed by atoms with Crippen LogP contribution in [0.1, 0.15) is 24.2 Å². The molecular weight excluding hydrogens is 489 g/mol. The Morgan fingerprint density at radius 1 is 1.03 bits per heavy atom. The predicted molar refractivity (Wildman–Crippen MR) is 149 cm³/mol. The maximum atomic E-state index is 13.3. The normalized spacial score (nSPS) is 14.3. The maximum absolute atomic E-state index is 13.3. The lowest BCUT2D eigenvalue weighted by Crippen LogP contribution is -2.50. The standard InChI is InChI=1S/C21H13ClFNO.C9H20N2O/c22-20-4-2-1-3-17(20)19-12-24(16-8-6-15(23)7-9-16)21-10-5-14(13-25)11-18(19)21;1-9(2,10-3)8-11-4-6-12-7-5-11/h1-13H;10H,4-8H2,1-3H3. The van der Waals surface area contributed by atoms with Crippen molar-refractivity contribution < 1.29 is 13.9 Å². The second kappa shape index (κ2) is 12.0. The van der Waals surface area contributed by atoms with Crippen LogP contribution in [0.2, 0.25) is 5.02 Å². The number of nitrogens with one attached hydrogen (secondary N) is 1. The van der Waals surface area contributed by atoms with E-state index >= 15 is 0 Å². The topological polar surface area (TPSA) is 46.5 Å². The maximum Gasteiger partial charge on any atom is 0.150 e. The van der Waals surface area contributed by atoms with Gasteiger partial charge in [-0.1, -0.05) is 29.8 Å². The Hall–Kier alpha value is -3.03. The lowest BCUT2D eigenvalue weighted by atomic mass is 10.0. The first-order valence-corrected chi connectivity index (χ1v) is 12.8. The lowest BCUT2D eigenvalue weighted by molar-refractivity contribution is 0.0277. The fourth-order valence-electron chi connectivity index (χ4n) is 4.43. The highest BCUT2D eigenvalue weighted by molar-refractivity contribution is 6.33. The average molecular weight is 522 g/mol. The Labute approximate surface area is 222 Å². The van der Waals surface area contributed by atoms with Crippen LogP contribution >= 0.6 is 11.6 Å². The van der Waals surface area contributed by atoms with Crippen LogP contribution in [0.5, 0.6) is 0 Å². The molecule has 4 aromatic rings. The van der Waals surface area contributed by atoms with Gasteiger partial charge >= 0.3 is 0 Å². The minimum absolute atomic E-state index is 0.220. The van der Waals surface area contributed by atoms with Crippen LogP contribution in [0.4, 0.5) is 4.39 Å². The van der Waals surface area contributed by atoms with Crippen LogP contribution in [0.3, 0.4) is 0 Å². The molecule has 37 heavy (non-hydrogen) atoms. The smallest absolute Gasteiger partial charge is 0.150 e. The number of aromatic nitrogens is 1. The number of halogens is 2. The van der Waals surface area contributed by atoms with Gasteiger partial charge in [-0.05, 0) is 69.4 Å². The molecule has 3 aromatic carbocycles. The second-order valence-corrected chi connectivity index (χ2v) is 10.2. The molecule has 1 aliphatic heterocycles. The number of carbonyl (C=O) groups is 1. The second-order valence-electron chi connectivity index (χ2n) is 9.79. The van der Waals surface area contributed by atoms with Gasteiger partial charge in [-0.3, -0.25) is 9.69 Å². The number of benzene rings is 3. The Kier molecular flexibility index (Phi) is 8.77. The van der Waals surface area contributed by atoms with Gasteiger partial charge in [0, 0.05) is 64.2 Å². The summed E-state index contributed by atoms with van der Waals surface area (Å²) >= 11 is 6.38. The first-order chi connectivity index (χ1) is 17.8. The minimum atomic E-state index is -0.283. The van der Waals surface area contributed by atoms with Crippen molar-refractivity contribution in [3.05, 3.63) is 89.3 Å². The van der Waals surface area contributed by atoms with Crippen molar-refractivity contribution in [3.8, 4) is 16.8 Å². The van der Waals surface area contributed by atoms with E-state index in [1.807, 2.05) is 54.2 Å². The van der Waals surface area contributed by atoms with Crippen LogP contribution in [0, 0.1) is 5.82 Å². The summed E-state index contributed by atoms with van der Waals surface area (Å²) in [5.74, 6) is -0.283. The van der Waals surface area contributed by atoms with Crippen molar-refractivity contribution in [2.24, 2.45) is 0 Å². The quantitative estimate of drug-likeness (QED) is 0.306. The molecule has 0 bridgehead atoms. The number of hydrogen-bond acceptors (Lipinski definition) is 4. The third kappa shape index (κ3) is 6.65. The monoisotopic (exact) mass is 521 g/mol. The molecule has 0 amide bonds. The summed E-state index contributed by atoms with van der Waals surface area (Å²) in [6, 6.07) is 19.4. The molecule has 5 rings (SSSR count). The van der Waals surface area contributed by atoms with Crippen molar-refractivity contribution in [1.82, 2.24) is 14.8 Å². The molecule has 1 N–H and O–H groups in total. The molecule has 1 fully saturated rings. The number of rotatable bonds is 6.